The van der Waals surface area contributed by atoms with Crippen molar-refractivity contribution in [1.29, 1.82) is 0 Å². The summed E-state index contributed by atoms with van der Waals surface area (Å²) in [4.78, 5) is 12.0. The summed E-state index contributed by atoms with van der Waals surface area (Å²) in [6, 6.07) is 0. The van der Waals surface area contributed by atoms with E-state index >= 15 is 0 Å². The number of hydrogen-bond donors (Lipinski definition) is 3. The Morgan fingerprint density at radius 1 is 1.39 bits per heavy atom. The molecule has 104 valence electrons. The van der Waals surface area contributed by atoms with E-state index in [1.807, 2.05) is 0 Å². The molecule has 0 aromatic carbocycles. The molecule has 1 aliphatic heterocycles. The minimum absolute atomic E-state index is 0.000324. The van der Waals surface area contributed by atoms with Gasteiger partial charge in [-0.1, -0.05) is 19.3 Å². The zero-order chi connectivity index (χ0) is 12.8. The number of aliphatic hydroxyl groups excluding tert-OH is 1. The van der Waals surface area contributed by atoms with Crippen molar-refractivity contribution in [2.75, 3.05) is 26.3 Å². The van der Waals surface area contributed by atoms with Gasteiger partial charge in [0, 0.05) is 13.1 Å². The lowest BCUT2D eigenvalue weighted by atomic mass is 9.82. The van der Waals surface area contributed by atoms with Crippen LogP contribution in [-0.4, -0.2) is 49.0 Å². The third-order valence-electron chi connectivity index (χ3n) is 3.94. The van der Waals surface area contributed by atoms with Crippen LogP contribution in [0.5, 0.6) is 0 Å². The fourth-order valence-electron chi connectivity index (χ4n) is 2.86. The van der Waals surface area contributed by atoms with Crippen LogP contribution in [0.3, 0.4) is 0 Å². The van der Waals surface area contributed by atoms with Crippen LogP contribution in [0.15, 0.2) is 0 Å². The summed E-state index contributed by atoms with van der Waals surface area (Å²) >= 11 is 0. The van der Waals surface area contributed by atoms with Crippen molar-refractivity contribution >= 4 is 5.91 Å². The highest BCUT2D eigenvalue weighted by Crippen LogP contribution is 2.27. The molecule has 1 amide bonds. The molecule has 1 unspecified atom stereocenters. The molecular formula is C13H24N2O3. The maximum absolute atomic E-state index is 12.0. The molecule has 18 heavy (non-hydrogen) atoms. The Hall–Kier alpha value is -0.650. The Bertz CT molecular complexity index is 271. The maximum Gasteiger partial charge on any atom is 0.223 e. The third-order valence-corrected chi connectivity index (χ3v) is 3.94. The Labute approximate surface area is 108 Å². The molecule has 2 fully saturated rings. The van der Waals surface area contributed by atoms with Crippen LogP contribution in [0.2, 0.25) is 0 Å². The van der Waals surface area contributed by atoms with Crippen LogP contribution in [0.25, 0.3) is 0 Å². The first-order chi connectivity index (χ1) is 8.74. The molecule has 0 aromatic heterocycles. The van der Waals surface area contributed by atoms with E-state index in [2.05, 4.69) is 10.6 Å². The van der Waals surface area contributed by atoms with Crippen molar-refractivity contribution in [3.05, 3.63) is 0 Å². The van der Waals surface area contributed by atoms with E-state index in [1.54, 1.807) is 0 Å². The van der Waals surface area contributed by atoms with Crippen LogP contribution >= 0.6 is 0 Å². The Kier molecular flexibility index (Phi) is 4.97. The lowest BCUT2D eigenvalue weighted by Gasteiger charge is -2.37. The number of amides is 1. The molecule has 1 saturated carbocycles. The van der Waals surface area contributed by atoms with E-state index in [0.717, 1.165) is 38.8 Å². The van der Waals surface area contributed by atoms with Gasteiger partial charge >= 0.3 is 0 Å². The number of morpholine rings is 1. The van der Waals surface area contributed by atoms with Gasteiger partial charge in [0.2, 0.25) is 5.91 Å². The van der Waals surface area contributed by atoms with Crippen molar-refractivity contribution in [2.24, 2.45) is 0 Å². The van der Waals surface area contributed by atoms with Gasteiger partial charge in [0.25, 0.3) is 0 Å². The molecule has 0 spiro atoms. The minimum Gasteiger partial charge on any atom is -0.394 e. The zero-order valence-corrected chi connectivity index (χ0v) is 10.9. The normalized spacial score (nSPS) is 27.7. The molecule has 2 aliphatic rings. The van der Waals surface area contributed by atoms with Gasteiger partial charge in [-0.2, -0.15) is 0 Å². The molecule has 5 nitrogen and oxygen atoms in total. The lowest BCUT2D eigenvalue weighted by molar-refractivity contribution is -0.127. The van der Waals surface area contributed by atoms with Crippen molar-refractivity contribution in [3.8, 4) is 0 Å². The van der Waals surface area contributed by atoms with E-state index in [-0.39, 0.29) is 24.2 Å². The van der Waals surface area contributed by atoms with Crippen LogP contribution in [0, 0.1) is 0 Å². The lowest BCUT2D eigenvalue weighted by Crippen LogP contribution is -2.53. The number of carbonyl (C=O) groups is 1. The fraction of sp³-hybridized carbons (Fsp3) is 0.923. The van der Waals surface area contributed by atoms with E-state index in [9.17, 15) is 9.90 Å². The number of nitrogens with one attached hydrogen (secondary N) is 2. The predicted molar refractivity (Wildman–Crippen MR) is 68.3 cm³/mol. The summed E-state index contributed by atoms with van der Waals surface area (Å²) < 4.78 is 5.52. The van der Waals surface area contributed by atoms with E-state index in [1.165, 1.54) is 6.42 Å². The second kappa shape index (κ2) is 6.50. The van der Waals surface area contributed by atoms with Crippen molar-refractivity contribution < 1.29 is 14.6 Å². The summed E-state index contributed by atoms with van der Waals surface area (Å²) in [6.45, 7) is 2.31. The molecule has 1 saturated heterocycles. The Morgan fingerprint density at radius 3 is 2.78 bits per heavy atom. The first-order valence-electron chi connectivity index (χ1n) is 6.98. The second-order valence-corrected chi connectivity index (χ2v) is 5.45. The number of hydrogen-bond acceptors (Lipinski definition) is 4. The average molecular weight is 256 g/mol. The minimum atomic E-state index is -0.378. The first-order valence-corrected chi connectivity index (χ1v) is 6.98. The summed E-state index contributed by atoms with van der Waals surface area (Å²) in [7, 11) is 0. The van der Waals surface area contributed by atoms with E-state index in [0.29, 0.717) is 13.0 Å². The standard InChI is InChI=1S/C13H24N2O3/c16-10-13(4-2-1-3-5-13)15-12(17)8-11-9-14-6-7-18-11/h11,14,16H,1-10H2,(H,15,17). The summed E-state index contributed by atoms with van der Waals surface area (Å²) in [5, 5.41) is 15.8. The molecule has 0 aromatic rings. The zero-order valence-electron chi connectivity index (χ0n) is 10.9. The van der Waals surface area contributed by atoms with Crippen LogP contribution in [-0.2, 0) is 9.53 Å². The number of ether oxygens (including phenoxy) is 1. The molecule has 0 radical (unpaired) electrons. The molecular weight excluding hydrogens is 232 g/mol. The molecule has 2 rings (SSSR count). The topological polar surface area (TPSA) is 70.6 Å². The van der Waals surface area contributed by atoms with Gasteiger partial charge < -0.3 is 20.5 Å². The smallest absolute Gasteiger partial charge is 0.223 e. The highest BCUT2D eigenvalue weighted by Gasteiger charge is 2.33. The summed E-state index contributed by atoms with van der Waals surface area (Å²) in [5.41, 5.74) is -0.378. The summed E-state index contributed by atoms with van der Waals surface area (Å²) in [6.07, 6.45) is 5.50. The number of carbonyl (C=O) groups excluding carboxylic acids is 1. The summed E-state index contributed by atoms with van der Waals surface area (Å²) in [5.74, 6) is -0.000324. The number of rotatable bonds is 4. The molecule has 1 aliphatic carbocycles. The van der Waals surface area contributed by atoms with Gasteiger partial charge in [-0.3, -0.25) is 4.79 Å². The average Bonchev–Trinajstić information content (AvgIpc) is 2.41. The van der Waals surface area contributed by atoms with Crippen LogP contribution in [0.1, 0.15) is 38.5 Å². The molecule has 3 N–H and O–H groups in total. The monoisotopic (exact) mass is 256 g/mol. The molecule has 0 bridgehead atoms. The highest BCUT2D eigenvalue weighted by molar-refractivity contribution is 5.77. The van der Waals surface area contributed by atoms with Gasteiger partial charge in [-0.25, -0.2) is 0 Å². The maximum atomic E-state index is 12.0. The van der Waals surface area contributed by atoms with Gasteiger partial charge in [0.1, 0.15) is 0 Å². The van der Waals surface area contributed by atoms with Gasteiger partial charge in [0.05, 0.1) is 31.3 Å². The molecule has 1 heterocycles. The van der Waals surface area contributed by atoms with Crippen molar-refractivity contribution in [3.63, 3.8) is 0 Å². The van der Waals surface area contributed by atoms with Crippen LogP contribution < -0.4 is 10.6 Å². The van der Waals surface area contributed by atoms with E-state index < -0.39 is 0 Å². The van der Waals surface area contributed by atoms with Crippen molar-refractivity contribution in [2.45, 2.75) is 50.2 Å². The van der Waals surface area contributed by atoms with Crippen molar-refractivity contribution in [1.82, 2.24) is 10.6 Å². The Balaban J connectivity index is 1.81. The first kappa shape index (κ1) is 13.8. The number of aliphatic hydroxyl groups is 1. The molecule has 1 atom stereocenters. The predicted octanol–water partition coefficient (Wildman–Crippen LogP) is 0.176. The third kappa shape index (κ3) is 3.67. The largest absolute Gasteiger partial charge is 0.394 e. The second-order valence-electron chi connectivity index (χ2n) is 5.45. The Morgan fingerprint density at radius 2 is 2.17 bits per heavy atom. The van der Waals surface area contributed by atoms with E-state index in [4.69, 9.17) is 4.74 Å². The fourth-order valence-corrected chi connectivity index (χ4v) is 2.86. The van der Waals surface area contributed by atoms with Gasteiger partial charge in [-0.05, 0) is 12.8 Å². The quantitative estimate of drug-likeness (QED) is 0.671. The SMILES string of the molecule is O=C(CC1CNCCO1)NC1(CO)CCCCC1. The van der Waals surface area contributed by atoms with Gasteiger partial charge in [-0.15, -0.1) is 0 Å². The highest BCUT2D eigenvalue weighted by atomic mass is 16.5. The molecule has 5 heteroatoms. The van der Waals surface area contributed by atoms with Crippen LogP contribution in [0.4, 0.5) is 0 Å². The van der Waals surface area contributed by atoms with Gasteiger partial charge in [0.15, 0.2) is 0 Å².